The van der Waals surface area contributed by atoms with Gasteiger partial charge in [0.05, 0.1) is 6.61 Å². The number of aliphatic carboxylic acids is 1. The fourth-order valence-corrected chi connectivity index (χ4v) is 3.62. The van der Waals surface area contributed by atoms with E-state index in [2.05, 4.69) is 24.2 Å². The first-order valence-corrected chi connectivity index (χ1v) is 11.6. The molecule has 3 N–H and O–H groups in total. The number of aliphatic hydroxyl groups is 1. The number of unbranched alkanes of at least 4 members (excludes halogenated alkanes) is 11. The first-order valence-electron chi connectivity index (χ1n) is 10.6. The topological polar surface area (TPSA) is 86.6 Å². The zero-order valence-electron chi connectivity index (χ0n) is 17.0. The van der Waals surface area contributed by atoms with Crippen LogP contribution in [0.25, 0.3) is 0 Å². The maximum atomic E-state index is 11.7. The van der Waals surface area contributed by atoms with Crippen molar-refractivity contribution >= 4 is 20.2 Å². The van der Waals surface area contributed by atoms with Gasteiger partial charge in [-0.25, -0.2) is 0 Å². The summed E-state index contributed by atoms with van der Waals surface area (Å²) in [7, 11) is -0.242. The molecule has 2 atom stereocenters. The second-order valence-electron chi connectivity index (χ2n) is 7.10. The SMILES string of the molecule is CCCCCCCCC=CCCCCCCCC(=O)PN[C@@H](CO)C(=O)O. The van der Waals surface area contributed by atoms with Crippen LogP contribution in [0.2, 0.25) is 0 Å². The predicted molar refractivity (Wildman–Crippen MR) is 114 cm³/mol. The van der Waals surface area contributed by atoms with E-state index in [9.17, 15) is 9.59 Å². The summed E-state index contributed by atoms with van der Waals surface area (Å²) in [5, 5.41) is 20.2. The van der Waals surface area contributed by atoms with E-state index < -0.39 is 18.6 Å². The average molecular weight is 402 g/mol. The Labute approximate surface area is 167 Å². The molecule has 0 radical (unpaired) electrons. The number of hydrogen-bond donors (Lipinski definition) is 3. The molecule has 0 bridgehead atoms. The van der Waals surface area contributed by atoms with Crippen LogP contribution in [0.4, 0.5) is 0 Å². The van der Waals surface area contributed by atoms with Crippen LogP contribution in [0.1, 0.15) is 96.8 Å². The molecule has 6 heteroatoms. The summed E-state index contributed by atoms with van der Waals surface area (Å²) in [4.78, 5) is 22.4. The fraction of sp³-hybridized carbons (Fsp3) is 0.810. The van der Waals surface area contributed by atoms with Crippen molar-refractivity contribution in [1.29, 1.82) is 0 Å². The Balaban J connectivity index is 3.36. The summed E-state index contributed by atoms with van der Waals surface area (Å²) in [5.41, 5.74) is 0.0346. The van der Waals surface area contributed by atoms with Gasteiger partial charge in [0.15, 0.2) is 5.52 Å². The van der Waals surface area contributed by atoms with Crippen LogP contribution < -0.4 is 5.09 Å². The van der Waals surface area contributed by atoms with E-state index >= 15 is 0 Å². The number of carboxylic acid groups (broad SMARTS) is 1. The van der Waals surface area contributed by atoms with Gasteiger partial charge in [-0.3, -0.25) is 14.7 Å². The van der Waals surface area contributed by atoms with Crippen LogP contribution in [0.15, 0.2) is 12.2 Å². The number of nitrogens with one attached hydrogen (secondary N) is 1. The Morgan fingerprint density at radius 1 is 0.889 bits per heavy atom. The Morgan fingerprint density at radius 3 is 1.93 bits per heavy atom. The van der Waals surface area contributed by atoms with Gasteiger partial charge in [-0.05, 0) is 32.1 Å². The molecule has 5 nitrogen and oxygen atoms in total. The van der Waals surface area contributed by atoms with Crippen molar-refractivity contribution in [3.8, 4) is 0 Å². The minimum absolute atomic E-state index is 0.0346. The van der Waals surface area contributed by atoms with Crippen molar-refractivity contribution in [2.45, 2.75) is 103 Å². The zero-order chi connectivity index (χ0) is 20.2. The molecular weight excluding hydrogens is 361 g/mol. The molecule has 0 fully saturated rings. The number of allylic oxidation sites excluding steroid dienone is 2. The molecule has 0 aromatic rings. The number of carbonyl (C=O) groups is 2. The summed E-state index contributed by atoms with van der Waals surface area (Å²) in [6.45, 7) is 1.75. The first-order chi connectivity index (χ1) is 13.1. The van der Waals surface area contributed by atoms with E-state index in [1.807, 2.05) is 0 Å². The van der Waals surface area contributed by atoms with Crippen molar-refractivity contribution in [2.75, 3.05) is 6.61 Å². The third-order valence-electron chi connectivity index (χ3n) is 4.53. The van der Waals surface area contributed by atoms with Crippen LogP contribution in [0.3, 0.4) is 0 Å². The molecule has 0 spiro atoms. The third kappa shape index (κ3) is 18.4. The Kier molecular flexibility index (Phi) is 19.4. The van der Waals surface area contributed by atoms with Gasteiger partial charge in [-0.1, -0.05) is 70.4 Å². The summed E-state index contributed by atoms with van der Waals surface area (Å²) in [6.07, 6.45) is 21.0. The van der Waals surface area contributed by atoms with Gasteiger partial charge in [0.1, 0.15) is 6.04 Å². The lowest BCUT2D eigenvalue weighted by Gasteiger charge is -2.10. The maximum Gasteiger partial charge on any atom is 0.323 e. The highest BCUT2D eigenvalue weighted by Gasteiger charge is 2.16. The predicted octanol–water partition coefficient (Wildman–Crippen LogP) is 5.18. The van der Waals surface area contributed by atoms with Gasteiger partial charge >= 0.3 is 5.97 Å². The van der Waals surface area contributed by atoms with E-state index in [-0.39, 0.29) is 14.3 Å². The van der Waals surface area contributed by atoms with Crippen LogP contribution in [-0.2, 0) is 9.59 Å². The molecule has 0 aliphatic carbocycles. The summed E-state index contributed by atoms with van der Waals surface area (Å²) >= 11 is 0. The fourth-order valence-electron chi connectivity index (χ4n) is 2.77. The van der Waals surface area contributed by atoms with E-state index in [1.54, 1.807) is 0 Å². The quantitative estimate of drug-likeness (QED) is 0.149. The van der Waals surface area contributed by atoms with E-state index in [0.717, 1.165) is 25.7 Å². The van der Waals surface area contributed by atoms with Crippen LogP contribution in [0.5, 0.6) is 0 Å². The van der Waals surface area contributed by atoms with E-state index in [0.29, 0.717) is 6.42 Å². The lowest BCUT2D eigenvalue weighted by Crippen LogP contribution is -2.35. The number of carboxylic acids is 1. The van der Waals surface area contributed by atoms with Gasteiger partial charge in [-0.2, -0.15) is 0 Å². The molecule has 0 heterocycles. The van der Waals surface area contributed by atoms with Gasteiger partial charge < -0.3 is 10.2 Å². The molecule has 0 rings (SSSR count). The van der Waals surface area contributed by atoms with Crippen molar-refractivity contribution < 1.29 is 19.8 Å². The molecule has 0 saturated carbocycles. The number of carbonyl (C=O) groups excluding carboxylic acids is 1. The third-order valence-corrected chi connectivity index (χ3v) is 5.55. The van der Waals surface area contributed by atoms with Gasteiger partial charge in [-0.15, -0.1) is 0 Å². The molecule has 0 aromatic carbocycles. The maximum absolute atomic E-state index is 11.7. The minimum Gasteiger partial charge on any atom is -0.480 e. The monoisotopic (exact) mass is 401 g/mol. The van der Waals surface area contributed by atoms with E-state index in [4.69, 9.17) is 10.2 Å². The van der Waals surface area contributed by atoms with Crippen molar-refractivity contribution in [1.82, 2.24) is 5.09 Å². The van der Waals surface area contributed by atoms with Crippen LogP contribution in [0, 0.1) is 0 Å². The normalized spacial score (nSPS) is 13.0. The lowest BCUT2D eigenvalue weighted by atomic mass is 10.1. The minimum atomic E-state index is -1.13. The molecule has 158 valence electrons. The number of rotatable bonds is 20. The second kappa shape index (κ2) is 20.0. The van der Waals surface area contributed by atoms with Gasteiger partial charge in [0.2, 0.25) is 0 Å². The van der Waals surface area contributed by atoms with Crippen molar-refractivity contribution in [3.63, 3.8) is 0 Å². The summed E-state index contributed by atoms with van der Waals surface area (Å²) in [6, 6.07) is -1.04. The molecule has 1 unspecified atom stereocenters. The molecular formula is C21H40NO4P. The molecule has 27 heavy (non-hydrogen) atoms. The molecule has 0 aliphatic heterocycles. The molecule has 0 aliphatic rings. The highest BCUT2D eigenvalue weighted by molar-refractivity contribution is 7.55. The Hall–Kier alpha value is -0.770. The standard InChI is InChI=1S/C21H40NO4P/c1-2-3-4-5-6-7-8-9-10-11-12-13-14-15-16-17-20(24)27-22-19(18-23)21(25)26/h9-10,19,22-23,27H,2-8,11-18H2,1H3,(H,25,26)/t19-/m0/s1. The first kappa shape index (κ1) is 26.2. The second-order valence-corrected chi connectivity index (χ2v) is 8.20. The van der Waals surface area contributed by atoms with Crippen LogP contribution in [-0.4, -0.2) is 34.4 Å². The highest BCUT2D eigenvalue weighted by Crippen LogP contribution is 2.15. The number of aliphatic hydroxyl groups excluding tert-OH is 1. The largest absolute Gasteiger partial charge is 0.480 e. The van der Waals surface area contributed by atoms with Gasteiger partial charge in [0, 0.05) is 15.2 Å². The summed E-state index contributed by atoms with van der Waals surface area (Å²) in [5.74, 6) is -1.13. The Morgan fingerprint density at radius 2 is 1.41 bits per heavy atom. The van der Waals surface area contributed by atoms with Crippen molar-refractivity contribution in [3.05, 3.63) is 12.2 Å². The zero-order valence-corrected chi connectivity index (χ0v) is 18.0. The molecule has 0 amide bonds. The lowest BCUT2D eigenvalue weighted by molar-refractivity contribution is -0.139. The Bertz CT molecular complexity index is 402. The summed E-state index contributed by atoms with van der Waals surface area (Å²) < 4.78 is 0. The van der Waals surface area contributed by atoms with Crippen molar-refractivity contribution in [2.24, 2.45) is 0 Å². The van der Waals surface area contributed by atoms with Crippen LogP contribution >= 0.6 is 8.73 Å². The van der Waals surface area contributed by atoms with E-state index in [1.165, 1.54) is 57.8 Å². The highest BCUT2D eigenvalue weighted by atomic mass is 31.1. The average Bonchev–Trinajstić information content (AvgIpc) is 2.65. The molecule has 0 saturated heterocycles. The molecule has 0 aromatic heterocycles. The van der Waals surface area contributed by atoms with Gasteiger partial charge in [0.25, 0.3) is 0 Å². The number of hydrogen-bond acceptors (Lipinski definition) is 4. The smallest absolute Gasteiger partial charge is 0.323 e.